The van der Waals surface area contributed by atoms with Gasteiger partial charge in [-0.15, -0.1) is 11.8 Å². The fourth-order valence-electron chi connectivity index (χ4n) is 4.64. The van der Waals surface area contributed by atoms with E-state index < -0.39 is 5.82 Å². The number of thioether (sulfide) groups is 1. The Balaban J connectivity index is 1.24. The number of Topliss-reactive ketones (excluding diaryl/α,β-unsaturated/α-hetero) is 1. The van der Waals surface area contributed by atoms with E-state index in [2.05, 4.69) is 10.3 Å². The maximum atomic E-state index is 13.9. The predicted octanol–water partition coefficient (Wildman–Crippen LogP) is 6.56. The molecule has 182 valence electrons. The second-order valence-electron chi connectivity index (χ2n) is 9.54. The first-order valence-electron chi connectivity index (χ1n) is 12.3. The number of ketones is 1. The monoisotopic (exact) mass is 484 g/mol. The van der Waals surface area contributed by atoms with Crippen LogP contribution in [0.25, 0.3) is 0 Å². The molecule has 7 heteroatoms. The number of rotatable bonds is 11. The van der Waals surface area contributed by atoms with Gasteiger partial charge in [-0.1, -0.05) is 12.5 Å². The summed E-state index contributed by atoms with van der Waals surface area (Å²) < 4.78 is 19.7. The molecule has 0 bridgehead atoms. The lowest BCUT2D eigenvalue weighted by atomic mass is 9.83. The van der Waals surface area contributed by atoms with Crippen LogP contribution in [-0.4, -0.2) is 29.0 Å². The van der Waals surface area contributed by atoms with Crippen molar-refractivity contribution in [2.75, 3.05) is 6.26 Å². The van der Waals surface area contributed by atoms with Crippen LogP contribution in [0.15, 0.2) is 41.4 Å². The van der Waals surface area contributed by atoms with Gasteiger partial charge in [-0.25, -0.2) is 9.37 Å². The van der Waals surface area contributed by atoms with Crippen molar-refractivity contribution in [3.8, 4) is 11.6 Å². The smallest absolute Gasteiger partial charge is 0.230 e. The zero-order valence-corrected chi connectivity index (χ0v) is 20.5. The lowest BCUT2D eigenvalue weighted by Crippen LogP contribution is -2.37. The van der Waals surface area contributed by atoms with Gasteiger partial charge in [0.1, 0.15) is 11.6 Å². The predicted molar refractivity (Wildman–Crippen MR) is 132 cm³/mol. The van der Waals surface area contributed by atoms with Gasteiger partial charge in [-0.05, 0) is 87.3 Å². The number of hydrogen-bond acceptors (Lipinski definition) is 5. The summed E-state index contributed by atoms with van der Waals surface area (Å²) in [5, 5.41) is 3.19. The van der Waals surface area contributed by atoms with Crippen LogP contribution < -0.4 is 10.1 Å². The molecule has 0 unspecified atom stereocenters. The molecule has 0 aliphatic heterocycles. The fourth-order valence-corrected chi connectivity index (χ4v) is 5.08. The van der Waals surface area contributed by atoms with E-state index in [1.165, 1.54) is 18.9 Å². The molecule has 2 aliphatic rings. The summed E-state index contributed by atoms with van der Waals surface area (Å²) in [7, 11) is 0. The highest BCUT2D eigenvalue weighted by Gasteiger charge is 2.27. The first kappa shape index (κ1) is 24.7. The van der Waals surface area contributed by atoms with Crippen molar-refractivity contribution in [1.29, 1.82) is 0 Å². The third-order valence-electron chi connectivity index (χ3n) is 6.77. The Labute approximate surface area is 205 Å². The number of aromatic nitrogens is 1. The molecule has 2 fully saturated rings. The van der Waals surface area contributed by atoms with E-state index in [9.17, 15) is 14.0 Å². The molecule has 2 saturated carbocycles. The maximum absolute atomic E-state index is 13.9. The van der Waals surface area contributed by atoms with E-state index in [1.54, 1.807) is 17.8 Å². The Kier molecular flexibility index (Phi) is 8.59. The van der Waals surface area contributed by atoms with Crippen LogP contribution >= 0.6 is 11.8 Å². The van der Waals surface area contributed by atoms with Crippen LogP contribution in [0.2, 0.25) is 0 Å². The summed E-state index contributed by atoms with van der Waals surface area (Å²) >= 11 is 1.59. The van der Waals surface area contributed by atoms with Crippen molar-refractivity contribution in [3.63, 3.8) is 0 Å². The minimum atomic E-state index is -0.546. The van der Waals surface area contributed by atoms with Crippen molar-refractivity contribution >= 4 is 23.5 Å². The lowest BCUT2D eigenvalue weighted by Gasteiger charge is -2.29. The molecule has 1 amide bonds. The van der Waals surface area contributed by atoms with Crippen molar-refractivity contribution in [1.82, 2.24) is 10.3 Å². The van der Waals surface area contributed by atoms with Crippen molar-refractivity contribution < 1.29 is 18.7 Å². The van der Waals surface area contributed by atoms with Crippen LogP contribution in [0.4, 0.5) is 4.39 Å². The molecule has 2 aliphatic carbocycles. The first-order valence-corrected chi connectivity index (χ1v) is 13.5. The molecule has 0 spiro atoms. The SMILES string of the molecule is CSc1cccc(Oc2ncc(F)cc2C(=O)CCCC2CCC(NC(=O)CC3CC3)CC2)c1. The van der Waals surface area contributed by atoms with E-state index in [4.69, 9.17) is 4.74 Å². The summed E-state index contributed by atoms with van der Waals surface area (Å²) in [5.41, 5.74) is 0.191. The van der Waals surface area contributed by atoms with Crippen LogP contribution in [-0.2, 0) is 4.79 Å². The standard InChI is InChI=1S/C27H33FN2O3S/c1-34-23-6-3-5-22(16-23)33-27-24(15-20(28)17-29-27)25(31)7-2-4-18-10-12-21(13-11-18)30-26(32)14-19-8-9-19/h3,5-6,15-19,21H,2,4,7-14H2,1H3,(H,30,32). The molecular weight excluding hydrogens is 451 g/mol. The summed E-state index contributed by atoms with van der Waals surface area (Å²) in [6.45, 7) is 0. The first-order chi connectivity index (χ1) is 16.5. The number of carbonyl (C=O) groups excluding carboxylic acids is 2. The second kappa shape index (κ2) is 11.8. The summed E-state index contributed by atoms with van der Waals surface area (Å²) in [6.07, 6.45) is 12.3. The zero-order valence-electron chi connectivity index (χ0n) is 19.7. The maximum Gasteiger partial charge on any atom is 0.230 e. The number of nitrogens with one attached hydrogen (secondary N) is 1. The van der Waals surface area contributed by atoms with Gasteiger partial charge in [0.2, 0.25) is 11.8 Å². The van der Waals surface area contributed by atoms with Crippen LogP contribution in [0.3, 0.4) is 0 Å². The van der Waals surface area contributed by atoms with Gasteiger partial charge in [0.15, 0.2) is 5.78 Å². The number of hydrogen-bond donors (Lipinski definition) is 1. The number of benzene rings is 1. The molecule has 4 rings (SSSR count). The summed E-state index contributed by atoms with van der Waals surface area (Å²) in [5.74, 6) is 1.42. The molecule has 1 aromatic heterocycles. The third kappa shape index (κ3) is 7.29. The van der Waals surface area contributed by atoms with Crippen LogP contribution in [0.5, 0.6) is 11.6 Å². The summed E-state index contributed by atoms with van der Waals surface area (Å²) in [4.78, 5) is 30.0. The molecule has 0 atom stereocenters. The van der Waals surface area contributed by atoms with Crippen LogP contribution in [0.1, 0.15) is 74.6 Å². The largest absolute Gasteiger partial charge is 0.438 e. The van der Waals surface area contributed by atoms with Crippen LogP contribution in [0, 0.1) is 17.7 Å². The quantitative estimate of drug-likeness (QED) is 0.289. The van der Waals surface area contributed by atoms with E-state index in [-0.39, 0.29) is 23.1 Å². The number of halogens is 1. The lowest BCUT2D eigenvalue weighted by molar-refractivity contribution is -0.122. The minimum Gasteiger partial charge on any atom is -0.438 e. The highest BCUT2D eigenvalue weighted by Crippen LogP contribution is 2.33. The van der Waals surface area contributed by atoms with Gasteiger partial charge in [0.05, 0.1) is 11.8 Å². The van der Waals surface area contributed by atoms with E-state index in [0.29, 0.717) is 36.5 Å². The highest BCUT2D eigenvalue weighted by molar-refractivity contribution is 7.98. The average molecular weight is 485 g/mol. The molecule has 1 aromatic carbocycles. The van der Waals surface area contributed by atoms with E-state index in [1.807, 2.05) is 24.5 Å². The van der Waals surface area contributed by atoms with Crippen molar-refractivity contribution in [2.24, 2.45) is 11.8 Å². The fraction of sp³-hybridized carbons (Fsp3) is 0.519. The van der Waals surface area contributed by atoms with Gasteiger partial charge in [-0.2, -0.15) is 0 Å². The van der Waals surface area contributed by atoms with Gasteiger partial charge < -0.3 is 10.1 Å². The van der Waals surface area contributed by atoms with E-state index >= 15 is 0 Å². The number of pyridine rings is 1. The van der Waals surface area contributed by atoms with Gasteiger partial charge in [-0.3, -0.25) is 9.59 Å². The van der Waals surface area contributed by atoms with E-state index in [0.717, 1.165) is 49.6 Å². The van der Waals surface area contributed by atoms with Gasteiger partial charge in [0, 0.05) is 23.8 Å². The molecule has 0 saturated heterocycles. The van der Waals surface area contributed by atoms with Crippen molar-refractivity contribution in [3.05, 3.63) is 47.9 Å². The number of carbonyl (C=O) groups is 2. The Hall–Kier alpha value is -2.41. The van der Waals surface area contributed by atoms with Gasteiger partial charge >= 0.3 is 0 Å². The Bertz CT molecular complexity index is 1000. The molecule has 1 N–H and O–H groups in total. The normalized spacial score (nSPS) is 20.1. The average Bonchev–Trinajstić information content (AvgIpc) is 3.65. The molecule has 0 radical (unpaired) electrons. The van der Waals surface area contributed by atoms with Gasteiger partial charge in [0.25, 0.3) is 0 Å². The molecule has 1 heterocycles. The van der Waals surface area contributed by atoms with Crippen molar-refractivity contribution in [2.45, 2.75) is 75.1 Å². The number of ether oxygens (including phenoxy) is 1. The minimum absolute atomic E-state index is 0.145. The molecule has 5 nitrogen and oxygen atoms in total. The molecular formula is C27H33FN2O3S. The molecule has 2 aromatic rings. The number of amides is 1. The Morgan fingerprint density at radius 3 is 2.62 bits per heavy atom. The Morgan fingerprint density at radius 2 is 1.88 bits per heavy atom. The molecule has 34 heavy (non-hydrogen) atoms. The Morgan fingerprint density at radius 1 is 1.12 bits per heavy atom. The second-order valence-corrected chi connectivity index (χ2v) is 10.4. The third-order valence-corrected chi connectivity index (χ3v) is 7.50. The topological polar surface area (TPSA) is 68.3 Å². The summed E-state index contributed by atoms with van der Waals surface area (Å²) in [6, 6.07) is 9.03. The zero-order chi connectivity index (χ0) is 23.9. The number of nitrogens with zero attached hydrogens (tertiary/aromatic N) is 1. The highest BCUT2D eigenvalue weighted by atomic mass is 32.2.